The second-order valence-electron chi connectivity index (χ2n) is 10.6. The van der Waals surface area contributed by atoms with E-state index in [1.165, 1.54) is 4.31 Å². The summed E-state index contributed by atoms with van der Waals surface area (Å²) in [5.41, 5.74) is 2.28. The normalized spacial score (nSPS) is 40.6. The lowest BCUT2D eigenvalue weighted by Gasteiger charge is -2.48. The molecule has 9 unspecified atom stereocenters. The SMILES string of the molecule is CCOC(=O)C1CC2CCC(OCC3C(F)CCCC3Cl)CC2N(S(=O)(=O)C2CN(CC)NC2Cl)C1. The highest BCUT2D eigenvalue weighted by atomic mass is 35.5. The van der Waals surface area contributed by atoms with Crippen LogP contribution in [0.2, 0.25) is 0 Å². The predicted octanol–water partition coefficient (Wildman–Crippen LogP) is 3.27. The maximum atomic E-state index is 14.5. The van der Waals surface area contributed by atoms with Gasteiger partial charge in [0.15, 0.2) is 0 Å². The Morgan fingerprint density at radius 3 is 2.56 bits per heavy atom. The van der Waals surface area contributed by atoms with Crippen molar-refractivity contribution in [3.05, 3.63) is 0 Å². The van der Waals surface area contributed by atoms with Gasteiger partial charge in [0, 0.05) is 37.0 Å². The summed E-state index contributed by atoms with van der Waals surface area (Å²) in [5, 5.41) is 0.740. The molecule has 0 amide bonds. The highest BCUT2D eigenvalue weighted by Gasteiger charge is 2.51. The number of hydrazine groups is 1. The number of hydrogen-bond acceptors (Lipinski definition) is 7. The molecule has 2 aliphatic carbocycles. The molecule has 4 aliphatic rings. The summed E-state index contributed by atoms with van der Waals surface area (Å²) in [6, 6.07) is -0.293. The van der Waals surface area contributed by atoms with Crippen LogP contribution in [0.1, 0.15) is 58.8 Å². The molecule has 1 N–H and O–H groups in total. The lowest BCUT2D eigenvalue weighted by atomic mass is 9.75. The molecule has 0 bridgehead atoms. The fourth-order valence-corrected chi connectivity index (χ4v) is 9.44. The molecule has 208 valence electrons. The number of halogens is 3. The number of fused-ring (bicyclic) bond motifs is 1. The number of carbonyl (C=O) groups is 1. The molecule has 4 fully saturated rings. The van der Waals surface area contributed by atoms with E-state index in [2.05, 4.69) is 5.43 Å². The Morgan fingerprint density at radius 2 is 1.89 bits per heavy atom. The number of hydrogen-bond donors (Lipinski definition) is 1. The Labute approximate surface area is 224 Å². The molecular formula is C24H40Cl2FN3O5S. The third-order valence-corrected chi connectivity index (χ3v) is 11.8. The maximum absolute atomic E-state index is 14.5. The van der Waals surface area contributed by atoms with Gasteiger partial charge in [-0.1, -0.05) is 6.92 Å². The van der Waals surface area contributed by atoms with Crippen LogP contribution in [0.25, 0.3) is 0 Å². The number of alkyl halides is 3. The van der Waals surface area contributed by atoms with Crippen LogP contribution in [0, 0.1) is 17.8 Å². The number of ether oxygens (including phenoxy) is 2. The van der Waals surface area contributed by atoms with Crippen molar-refractivity contribution in [3.63, 3.8) is 0 Å². The number of carbonyl (C=O) groups excluding carboxylic acids is 1. The van der Waals surface area contributed by atoms with Gasteiger partial charge in [0.25, 0.3) is 0 Å². The summed E-state index contributed by atoms with van der Waals surface area (Å²) in [7, 11) is -3.83. The van der Waals surface area contributed by atoms with Crippen molar-refractivity contribution in [2.24, 2.45) is 17.8 Å². The van der Waals surface area contributed by atoms with Gasteiger partial charge in [-0.3, -0.25) is 4.79 Å². The Morgan fingerprint density at radius 1 is 1.11 bits per heavy atom. The number of nitrogens with one attached hydrogen (secondary N) is 1. The van der Waals surface area contributed by atoms with Crippen LogP contribution >= 0.6 is 23.2 Å². The first kappa shape index (κ1) is 28.8. The molecule has 8 nitrogen and oxygen atoms in total. The average Bonchev–Trinajstić information content (AvgIpc) is 3.24. The van der Waals surface area contributed by atoms with Crippen molar-refractivity contribution < 1.29 is 27.1 Å². The second kappa shape index (κ2) is 12.3. The highest BCUT2D eigenvalue weighted by Crippen LogP contribution is 2.42. The largest absolute Gasteiger partial charge is 0.466 e. The lowest BCUT2D eigenvalue weighted by Crippen LogP contribution is -2.58. The zero-order chi connectivity index (χ0) is 26.0. The summed E-state index contributed by atoms with van der Waals surface area (Å²) in [4.78, 5) is 12.7. The van der Waals surface area contributed by atoms with Crippen LogP contribution in [0.4, 0.5) is 4.39 Å². The van der Waals surface area contributed by atoms with Crippen LogP contribution in [0.3, 0.4) is 0 Å². The highest BCUT2D eigenvalue weighted by molar-refractivity contribution is 7.89. The smallest absolute Gasteiger partial charge is 0.310 e. The van der Waals surface area contributed by atoms with Gasteiger partial charge in [0.2, 0.25) is 10.0 Å². The summed E-state index contributed by atoms with van der Waals surface area (Å²) < 4.78 is 55.3. The van der Waals surface area contributed by atoms with Crippen LogP contribution in [-0.2, 0) is 24.3 Å². The van der Waals surface area contributed by atoms with E-state index in [1.54, 1.807) is 11.9 Å². The molecule has 36 heavy (non-hydrogen) atoms. The molecular weight excluding hydrogens is 532 g/mol. The predicted molar refractivity (Wildman–Crippen MR) is 137 cm³/mol. The fourth-order valence-electron chi connectivity index (χ4n) is 6.35. The Balaban J connectivity index is 1.50. The van der Waals surface area contributed by atoms with Crippen LogP contribution in [0.5, 0.6) is 0 Å². The van der Waals surface area contributed by atoms with E-state index in [0.29, 0.717) is 25.8 Å². The van der Waals surface area contributed by atoms with Crippen molar-refractivity contribution in [2.45, 2.75) is 93.2 Å². The quantitative estimate of drug-likeness (QED) is 0.271. The summed E-state index contributed by atoms with van der Waals surface area (Å²) in [6.45, 7) is 5.18. The zero-order valence-corrected chi connectivity index (χ0v) is 23.5. The van der Waals surface area contributed by atoms with Gasteiger partial charge in [-0.15, -0.1) is 23.2 Å². The molecule has 4 rings (SSSR count). The Hall–Kier alpha value is -0.230. The summed E-state index contributed by atoms with van der Waals surface area (Å²) >= 11 is 12.8. The third kappa shape index (κ3) is 6.15. The number of piperidine rings is 1. The molecule has 0 aromatic carbocycles. The van der Waals surface area contributed by atoms with Crippen molar-refractivity contribution in [1.29, 1.82) is 0 Å². The molecule has 0 radical (unpaired) electrons. The van der Waals surface area contributed by atoms with Gasteiger partial charge in [-0.05, 0) is 57.8 Å². The van der Waals surface area contributed by atoms with Gasteiger partial charge in [0.1, 0.15) is 16.9 Å². The van der Waals surface area contributed by atoms with E-state index < -0.39 is 32.9 Å². The number of rotatable bonds is 8. The van der Waals surface area contributed by atoms with Gasteiger partial charge >= 0.3 is 5.97 Å². The number of esters is 1. The minimum Gasteiger partial charge on any atom is -0.466 e. The number of nitrogens with zero attached hydrogens (tertiary/aromatic N) is 2. The van der Waals surface area contributed by atoms with Crippen molar-refractivity contribution in [1.82, 2.24) is 14.7 Å². The van der Waals surface area contributed by atoms with E-state index in [9.17, 15) is 17.6 Å². The minimum atomic E-state index is -3.83. The molecule has 2 saturated heterocycles. The first-order chi connectivity index (χ1) is 17.1. The molecule has 12 heteroatoms. The standard InChI is InChI=1S/C24H40Cl2FN3O5S/c1-3-29-13-22(23(26)28-29)36(32,33)30-12-16(24(31)34-4-2)10-15-8-9-17(11-21(15)30)35-14-18-19(25)6-5-7-20(18)27/h15-23,28H,3-14H2,1-2H3. The van der Waals surface area contributed by atoms with Crippen LogP contribution in [-0.4, -0.2) is 91.0 Å². The molecule has 9 atom stereocenters. The van der Waals surface area contributed by atoms with E-state index in [0.717, 1.165) is 25.7 Å². The monoisotopic (exact) mass is 571 g/mol. The van der Waals surface area contributed by atoms with Gasteiger partial charge < -0.3 is 9.47 Å². The van der Waals surface area contributed by atoms with Crippen molar-refractivity contribution in [3.8, 4) is 0 Å². The topological polar surface area (TPSA) is 88.2 Å². The first-order valence-corrected chi connectivity index (χ1v) is 15.7. The van der Waals surface area contributed by atoms with E-state index in [-0.39, 0.29) is 61.6 Å². The van der Waals surface area contributed by atoms with Crippen LogP contribution in [0.15, 0.2) is 0 Å². The average molecular weight is 573 g/mol. The Kier molecular flexibility index (Phi) is 9.83. The summed E-state index contributed by atoms with van der Waals surface area (Å²) in [5.74, 6) is -1.16. The molecule has 2 saturated carbocycles. The van der Waals surface area contributed by atoms with Gasteiger partial charge in [0.05, 0.1) is 25.2 Å². The summed E-state index contributed by atoms with van der Waals surface area (Å²) in [6.07, 6.45) is 3.53. The molecule has 0 spiro atoms. The van der Waals surface area contributed by atoms with E-state index >= 15 is 0 Å². The third-order valence-electron chi connectivity index (χ3n) is 8.42. The van der Waals surface area contributed by atoms with E-state index in [4.69, 9.17) is 32.7 Å². The lowest BCUT2D eigenvalue weighted by molar-refractivity contribution is -0.151. The van der Waals surface area contributed by atoms with Gasteiger partial charge in [-0.25, -0.2) is 23.2 Å². The fraction of sp³-hybridized carbons (Fsp3) is 0.958. The zero-order valence-electron chi connectivity index (χ0n) is 21.2. The molecule has 2 heterocycles. The van der Waals surface area contributed by atoms with Crippen molar-refractivity contribution >= 4 is 39.2 Å². The first-order valence-electron chi connectivity index (χ1n) is 13.4. The molecule has 2 aliphatic heterocycles. The van der Waals surface area contributed by atoms with Crippen molar-refractivity contribution in [2.75, 3.05) is 32.8 Å². The Bertz CT molecular complexity index is 861. The molecule has 0 aromatic rings. The second-order valence-corrected chi connectivity index (χ2v) is 13.8. The van der Waals surface area contributed by atoms with E-state index in [1.807, 2.05) is 6.92 Å². The minimum absolute atomic E-state index is 0.0255. The maximum Gasteiger partial charge on any atom is 0.310 e. The molecule has 0 aromatic heterocycles. The number of sulfonamides is 1. The van der Waals surface area contributed by atoms with Crippen LogP contribution < -0.4 is 5.43 Å². The van der Waals surface area contributed by atoms with Gasteiger partial charge in [-0.2, -0.15) is 4.31 Å².